The minimum absolute atomic E-state index is 0.237. The number of esters is 1. The number of hydrogen-bond donors (Lipinski definition) is 1. The largest absolute Gasteiger partial charge is 0.455 e. The highest BCUT2D eigenvalue weighted by atomic mass is 79.9. The van der Waals surface area contributed by atoms with Crippen molar-refractivity contribution >= 4 is 38.9 Å². The number of nitrogens with zero attached hydrogens (tertiary/aromatic N) is 2. The maximum Gasteiger partial charge on any atom is 0.359 e. The van der Waals surface area contributed by atoms with E-state index in [-0.39, 0.29) is 6.61 Å². The lowest BCUT2D eigenvalue weighted by Crippen LogP contribution is -2.12. The summed E-state index contributed by atoms with van der Waals surface area (Å²) in [4.78, 5) is 13.0. The van der Waals surface area contributed by atoms with Crippen LogP contribution in [0.15, 0.2) is 15.9 Å². The minimum atomic E-state index is -0.447. The molecule has 2 heterocycles. The zero-order chi connectivity index (χ0) is 14.0. The molecule has 0 spiro atoms. The number of anilines is 1. The van der Waals surface area contributed by atoms with E-state index in [0.29, 0.717) is 23.5 Å². The second-order valence-corrected chi connectivity index (χ2v) is 5.90. The summed E-state index contributed by atoms with van der Waals surface area (Å²) in [6, 6.07) is 1.92. The lowest BCUT2D eigenvalue weighted by Gasteiger charge is -2.04. The van der Waals surface area contributed by atoms with Gasteiger partial charge in [-0.2, -0.15) is 5.10 Å². The molecule has 0 saturated carbocycles. The van der Waals surface area contributed by atoms with E-state index in [4.69, 9.17) is 10.5 Å². The van der Waals surface area contributed by atoms with Crippen molar-refractivity contribution in [3.05, 3.63) is 32.2 Å². The summed E-state index contributed by atoms with van der Waals surface area (Å²) in [5.41, 5.74) is 7.33. The molecule has 2 N–H and O–H groups in total. The molecular weight excluding hydrogens is 330 g/mol. The average Bonchev–Trinajstić information content (AvgIpc) is 2.90. The Morgan fingerprint density at radius 3 is 2.89 bits per heavy atom. The van der Waals surface area contributed by atoms with Crippen molar-refractivity contribution in [1.29, 1.82) is 0 Å². The highest BCUT2D eigenvalue weighted by Gasteiger charge is 2.20. The summed E-state index contributed by atoms with van der Waals surface area (Å²) in [6.45, 7) is 2.18. The highest BCUT2D eigenvalue weighted by Crippen LogP contribution is 2.22. The fraction of sp³-hybridized carbons (Fsp3) is 0.333. The smallest absolute Gasteiger partial charge is 0.359 e. The second kappa shape index (κ2) is 5.75. The van der Waals surface area contributed by atoms with E-state index in [2.05, 4.69) is 21.0 Å². The van der Waals surface area contributed by atoms with Crippen molar-refractivity contribution in [3.63, 3.8) is 0 Å². The maximum absolute atomic E-state index is 12.0. The molecule has 2 aromatic heterocycles. The molecule has 7 heteroatoms. The Balaban J connectivity index is 2.10. The Bertz CT molecular complexity index is 606. The van der Waals surface area contributed by atoms with Crippen LogP contribution in [0.2, 0.25) is 0 Å². The SMILES string of the molecule is CCc1nn(C)c(C(=O)OCc2cc(Br)cs2)c1N. The topological polar surface area (TPSA) is 70.1 Å². The Hall–Kier alpha value is -1.34. The third-order valence-electron chi connectivity index (χ3n) is 2.66. The fourth-order valence-electron chi connectivity index (χ4n) is 1.73. The second-order valence-electron chi connectivity index (χ2n) is 3.99. The average molecular weight is 344 g/mol. The van der Waals surface area contributed by atoms with Crippen LogP contribution in [0, 0.1) is 0 Å². The number of nitrogen functional groups attached to an aromatic ring is 1. The molecule has 0 fully saturated rings. The normalized spacial score (nSPS) is 10.7. The lowest BCUT2D eigenvalue weighted by atomic mass is 10.2. The van der Waals surface area contributed by atoms with Crippen LogP contribution in [0.4, 0.5) is 5.69 Å². The van der Waals surface area contributed by atoms with Crippen LogP contribution >= 0.6 is 27.3 Å². The first-order valence-corrected chi connectivity index (χ1v) is 7.41. The van der Waals surface area contributed by atoms with E-state index in [1.165, 1.54) is 16.0 Å². The predicted molar refractivity (Wildman–Crippen MR) is 78.1 cm³/mol. The number of nitrogens with two attached hydrogens (primary N) is 1. The van der Waals surface area contributed by atoms with Crippen molar-refractivity contribution < 1.29 is 9.53 Å². The van der Waals surface area contributed by atoms with Gasteiger partial charge in [0.2, 0.25) is 0 Å². The molecule has 5 nitrogen and oxygen atoms in total. The van der Waals surface area contributed by atoms with Gasteiger partial charge in [0.25, 0.3) is 0 Å². The molecule has 102 valence electrons. The number of halogens is 1. The fourth-order valence-corrected chi connectivity index (χ4v) is 3.10. The molecule has 2 aromatic rings. The number of carbonyl (C=O) groups is 1. The van der Waals surface area contributed by atoms with E-state index < -0.39 is 5.97 Å². The van der Waals surface area contributed by atoms with Gasteiger partial charge >= 0.3 is 5.97 Å². The van der Waals surface area contributed by atoms with E-state index in [1.54, 1.807) is 7.05 Å². The van der Waals surface area contributed by atoms with Crippen molar-refractivity contribution in [2.75, 3.05) is 5.73 Å². The number of aryl methyl sites for hydroxylation is 2. The van der Waals surface area contributed by atoms with Crippen LogP contribution in [0.25, 0.3) is 0 Å². The van der Waals surface area contributed by atoms with Gasteiger partial charge in [0.05, 0.1) is 11.4 Å². The first-order valence-electron chi connectivity index (χ1n) is 5.74. The van der Waals surface area contributed by atoms with E-state index in [1.807, 2.05) is 18.4 Å². The first kappa shape index (κ1) is 14.1. The van der Waals surface area contributed by atoms with Gasteiger partial charge in [0.1, 0.15) is 6.61 Å². The third-order valence-corrected chi connectivity index (χ3v) is 4.33. The molecule has 0 unspecified atom stereocenters. The molecule has 19 heavy (non-hydrogen) atoms. The van der Waals surface area contributed by atoms with Gasteiger partial charge in [0, 0.05) is 21.8 Å². The van der Waals surface area contributed by atoms with Crippen molar-refractivity contribution in [1.82, 2.24) is 9.78 Å². The molecule has 0 aliphatic heterocycles. The summed E-state index contributed by atoms with van der Waals surface area (Å²) in [7, 11) is 1.69. The van der Waals surface area contributed by atoms with Crippen LogP contribution in [0.3, 0.4) is 0 Å². The summed E-state index contributed by atoms with van der Waals surface area (Å²) in [5.74, 6) is -0.447. The molecular formula is C12H14BrN3O2S. The van der Waals surface area contributed by atoms with Gasteiger partial charge in [-0.25, -0.2) is 4.79 Å². The molecule has 0 aliphatic rings. The summed E-state index contributed by atoms with van der Waals surface area (Å²) in [5, 5.41) is 6.14. The van der Waals surface area contributed by atoms with Gasteiger partial charge in [0.15, 0.2) is 5.69 Å². The van der Waals surface area contributed by atoms with E-state index in [9.17, 15) is 4.79 Å². The number of ether oxygens (including phenoxy) is 1. The summed E-state index contributed by atoms with van der Waals surface area (Å²) >= 11 is 4.88. The van der Waals surface area contributed by atoms with Crippen LogP contribution in [-0.4, -0.2) is 15.7 Å². The molecule has 0 amide bonds. The quantitative estimate of drug-likeness (QED) is 0.866. The van der Waals surface area contributed by atoms with Gasteiger partial charge in [-0.1, -0.05) is 6.92 Å². The van der Waals surface area contributed by atoms with Crippen LogP contribution < -0.4 is 5.73 Å². The molecule has 0 saturated heterocycles. The molecule has 2 rings (SSSR count). The minimum Gasteiger partial charge on any atom is -0.455 e. The lowest BCUT2D eigenvalue weighted by molar-refractivity contribution is 0.0465. The maximum atomic E-state index is 12.0. The Kier molecular flexibility index (Phi) is 4.26. The Morgan fingerprint density at radius 2 is 2.37 bits per heavy atom. The molecule has 0 aliphatic carbocycles. The number of rotatable bonds is 4. The van der Waals surface area contributed by atoms with Gasteiger partial charge in [-0.05, 0) is 28.4 Å². The monoisotopic (exact) mass is 343 g/mol. The van der Waals surface area contributed by atoms with Gasteiger partial charge in [-0.3, -0.25) is 4.68 Å². The predicted octanol–water partition coefficient (Wildman–Crippen LogP) is 2.75. The van der Waals surface area contributed by atoms with Crippen molar-refractivity contribution in [2.45, 2.75) is 20.0 Å². The molecule has 0 atom stereocenters. The van der Waals surface area contributed by atoms with Crippen LogP contribution in [0.5, 0.6) is 0 Å². The van der Waals surface area contributed by atoms with Crippen molar-refractivity contribution in [2.24, 2.45) is 7.05 Å². The van der Waals surface area contributed by atoms with Crippen LogP contribution in [-0.2, 0) is 24.8 Å². The Morgan fingerprint density at radius 1 is 1.63 bits per heavy atom. The molecule has 0 radical (unpaired) electrons. The summed E-state index contributed by atoms with van der Waals surface area (Å²) in [6.07, 6.45) is 0.685. The standard InChI is InChI=1S/C12H14BrN3O2S/c1-3-9-10(14)11(16(2)15-9)12(17)18-5-8-4-7(13)6-19-8/h4,6H,3,5,14H2,1-2H3. The van der Waals surface area contributed by atoms with E-state index in [0.717, 1.165) is 9.35 Å². The molecule has 0 bridgehead atoms. The van der Waals surface area contributed by atoms with Crippen LogP contribution in [0.1, 0.15) is 28.0 Å². The number of aromatic nitrogens is 2. The van der Waals surface area contributed by atoms with Gasteiger partial charge < -0.3 is 10.5 Å². The van der Waals surface area contributed by atoms with E-state index >= 15 is 0 Å². The third kappa shape index (κ3) is 2.98. The highest BCUT2D eigenvalue weighted by molar-refractivity contribution is 9.10. The zero-order valence-electron chi connectivity index (χ0n) is 10.6. The number of hydrogen-bond acceptors (Lipinski definition) is 5. The zero-order valence-corrected chi connectivity index (χ0v) is 13.0. The first-order chi connectivity index (χ1) is 9.02. The summed E-state index contributed by atoms with van der Waals surface area (Å²) < 4.78 is 7.71. The number of carbonyl (C=O) groups excluding carboxylic acids is 1. The number of thiophene rings is 1. The van der Waals surface area contributed by atoms with Crippen molar-refractivity contribution in [3.8, 4) is 0 Å². The van der Waals surface area contributed by atoms with Gasteiger partial charge in [-0.15, -0.1) is 11.3 Å². The Labute approximate surface area is 123 Å². The molecule has 0 aromatic carbocycles.